The van der Waals surface area contributed by atoms with Crippen LogP contribution < -0.4 is 0 Å². The van der Waals surface area contributed by atoms with Crippen LogP contribution in [-0.4, -0.2) is 29.1 Å². The van der Waals surface area contributed by atoms with E-state index in [-0.39, 0.29) is 0 Å². The van der Waals surface area contributed by atoms with Gasteiger partial charge in [0.05, 0.1) is 0 Å². The Kier molecular flexibility index (Phi) is 23.1. The van der Waals surface area contributed by atoms with Crippen LogP contribution in [-0.2, 0) is 0 Å². The molecule has 0 radical (unpaired) electrons. The Morgan fingerprint density at radius 1 is 0.371 bits per heavy atom. The highest BCUT2D eigenvalue weighted by Gasteiger charge is 2.24. The topological polar surface area (TPSA) is 6.48 Å². The van der Waals surface area contributed by atoms with Crippen molar-refractivity contribution in [2.75, 3.05) is 13.1 Å². The van der Waals surface area contributed by atoms with Crippen LogP contribution in [0.2, 0.25) is 0 Å². The van der Waals surface area contributed by atoms with Gasteiger partial charge in [0.15, 0.2) is 0 Å². The molecule has 0 saturated heterocycles. The van der Waals surface area contributed by atoms with E-state index in [1.807, 2.05) is 0 Å². The van der Waals surface area contributed by atoms with E-state index in [1.54, 1.807) is 0 Å². The maximum atomic E-state index is 2.70. The molecule has 1 heterocycles. The van der Waals surface area contributed by atoms with E-state index < -0.39 is 0 Å². The van der Waals surface area contributed by atoms with Crippen molar-refractivity contribution in [3.63, 3.8) is 0 Å². The first-order valence-corrected chi connectivity index (χ1v) is 16.5. The van der Waals surface area contributed by atoms with Gasteiger partial charge in [-0.3, -0.25) is 0 Å². The second-order valence-electron chi connectivity index (χ2n) is 11.5. The fourth-order valence-corrected chi connectivity index (χ4v) is 5.66. The smallest absolute Gasteiger partial charge is 0.101 e. The molecule has 2 heteroatoms. The summed E-state index contributed by atoms with van der Waals surface area (Å²) in [6.45, 7) is 9.46. The zero-order valence-electron chi connectivity index (χ0n) is 24.7. The minimum absolute atomic E-state index is 0.643. The van der Waals surface area contributed by atoms with Gasteiger partial charge in [-0.15, -0.1) is 0 Å². The van der Waals surface area contributed by atoms with Crippen molar-refractivity contribution in [3.8, 4) is 0 Å². The molecular weight excluding hydrogens is 424 g/mol. The van der Waals surface area contributed by atoms with Gasteiger partial charge in [-0.1, -0.05) is 156 Å². The van der Waals surface area contributed by atoms with Crippen molar-refractivity contribution < 1.29 is 0 Å². The molecule has 1 atom stereocenters. The monoisotopic (exact) mass is 491 g/mol. The van der Waals surface area contributed by atoms with Gasteiger partial charge < -0.3 is 9.80 Å². The Labute approximate surface area is 222 Å². The molecule has 2 nitrogen and oxygen atoms in total. The maximum absolute atomic E-state index is 2.70. The second kappa shape index (κ2) is 25.0. The lowest BCUT2D eigenvalue weighted by molar-refractivity contribution is 0.135. The molecule has 0 fully saturated rings. The third kappa shape index (κ3) is 18.3. The molecule has 0 saturated carbocycles. The molecule has 1 aliphatic rings. The molecule has 1 unspecified atom stereocenters. The van der Waals surface area contributed by atoms with Gasteiger partial charge in [-0.05, 0) is 25.7 Å². The van der Waals surface area contributed by atoms with Crippen LogP contribution in [0.4, 0.5) is 0 Å². The van der Waals surface area contributed by atoms with Gasteiger partial charge in [0.2, 0.25) is 0 Å². The minimum Gasteiger partial charge on any atom is -0.356 e. The SMILES string of the molecule is CCCCCCCCCCCCN1C=CN(CCCCCCCC)C1CCCCCCCCCC. The van der Waals surface area contributed by atoms with Crippen molar-refractivity contribution in [2.45, 2.75) is 187 Å². The zero-order valence-corrected chi connectivity index (χ0v) is 24.7. The number of hydrogen-bond donors (Lipinski definition) is 0. The highest BCUT2D eigenvalue weighted by molar-refractivity contribution is 4.97. The van der Waals surface area contributed by atoms with E-state index in [0.717, 1.165) is 0 Å². The molecule has 0 spiro atoms. The molecule has 35 heavy (non-hydrogen) atoms. The van der Waals surface area contributed by atoms with Crippen LogP contribution in [0.3, 0.4) is 0 Å². The Balaban J connectivity index is 2.25. The molecule has 0 aliphatic carbocycles. The van der Waals surface area contributed by atoms with E-state index >= 15 is 0 Å². The van der Waals surface area contributed by atoms with E-state index in [0.29, 0.717) is 6.17 Å². The largest absolute Gasteiger partial charge is 0.356 e. The van der Waals surface area contributed by atoms with Crippen LogP contribution in [0, 0.1) is 0 Å². The first-order chi connectivity index (χ1) is 17.3. The van der Waals surface area contributed by atoms with Gasteiger partial charge >= 0.3 is 0 Å². The molecule has 0 aromatic rings. The highest BCUT2D eigenvalue weighted by atomic mass is 15.4. The summed E-state index contributed by atoms with van der Waals surface area (Å²) in [7, 11) is 0. The first-order valence-electron chi connectivity index (χ1n) is 16.5. The van der Waals surface area contributed by atoms with Crippen molar-refractivity contribution in [1.82, 2.24) is 9.80 Å². The molecule has 1 aliphatic heterocycles. The van der Waals surface area contributed by atoms with Gasteiger partial charge in [-0.25, -0.2) is 0 Å². The molecule has 0 aromatic heterocycles. The number of rotatable bonds is 27. The number of hydrogen-bond acceptors (Lipinski definition) is 2. The lowest BCUT2D eigenvalue weighted by Gasteiger charge is -2.33. The Morgan fingerprint density at radius 2 is 0.657 bits per heavy atom. The quantitative estimate of drug-likeness (QED) is 0.106. The summed E-state index contributed by atoms with van der Waals surface area (Å²) in [6.07, 6.45) is 41.0. The van der Waals surface area contributed by atoms with E-state index in [9.17, 15) is 0 Å². The highest BCUT2D eigenvalue weighted by Crippen LogP contribution is 2.24. The van der Waals surface area contributed by atoms with Crippen LogP contribution >= 0.6 is 0 Å². The lowest BCUT2D eigenvalue weighted by atomic mass is 10.1. The van der Waals surface area contributed by atoms with Crippen molar-refractivity contribution >= 4 is 0 Å². The van der Waals surface area contributed by atoms with Gasteiger partial charge in [-0.2, -0.15) is 0 Å². The summed E-state index contributed by atoms with van der Waals surface area (Å²) in [4.78, 5) is 5.39. The van der Waals surface area contributed by atoms with Gasteiger partial charge in [0, 0.05) is 25.5 Å². The zero-order chi connectivity index (χ0) is 25.2. The molecule has 208 valence electrons. The summed E-state index contributed by atoms with van der Waals surface area (Å²) < 4.78 is 0. The second-order valence-corrected chi connectivity index (χ2v) is 11.5. The van der Waals surface area contributed by atoms with Crippen LogP contribution in [0.25, 0.3) is 0 Å². The average Bonchev–Trinajstić information content (AvgIpc) is 3.25. The summed E-state index contributed by atoms with van der Waals surface area (Å²) in [5, 5.41) is 0. The number of nitrogens with zero attached hydrogens (tertiary/aromatic N) is 2. The molecule has 1 rings (SSSR count). The van der Waals surface area contributed by atoms with E-state index in [2.05, 4.69) is 43.0 Å². The van der Waals surface area contributed by atoms with E-state index in [4.69, 9.17) is 0 Å². The van der Waals surface area contributed by atoms with Gasteiger partial charge in [0.25, 0.3) is 0 Å². The van der Waals surface area contributed by atoms with Crippen molar-refractivity contribution in [1.29, 1.82) is 0 Å². The predicted octanol–water partition coefficient (Wildman–Crippen LogP) is 11.2. The van der Waals surface area contributed by atoms with Gasteiger partial charge in [0.1, 0.15) is 6.17 Å². The van der Waals surface area contributed by atoms with Crippen LogP contribution in [0.1, 0.15) is 181 Å². The molecule has 0 aromatic carbocycles. The maximum Gasteiger partial charge on any atom is 0.101 e. The summed E-state index contributed by atoms with van der Waals surface area (Å²) in [5.74, 6) is 0. The third-order valence-electron chi connectivity index (χ3n) is 8.07. The fourth-order valence-electron chi connectivity index (χ4n) is 5.66. The average molecular weight is 491 g/mol. The molecular formula is C33H66N2. The Hall–Kier alpha value is -0.660. The molecule has 0 bridgehead atoms. The fraction of sp³-hybridized carbons (Fsp3) is 0.939. The number of unbranched alkanes of at least 4 members (excludes halogenated alkanes) is 21. The first kappa shape index (κ1) is 32.4. The van der Waals surface area contributed by atoms with Crippen molar-refractivity contribution in [3.05, 3.63) is 12.4 Å². The van der Waals surface area contributed by atoms with E-state index in [1.165, 1.54) is 174 Å². The lowest BCUT2D eigenvalue weighted by Crippen LogP contribution is -2.39. The van der Waals surface area contributed by atoms with Crippen LogP contribution in [0.5, 0.6) is 0 Å². The van der Waals surface area contributed by atoms with Crippen LogP contribution in [0.15, 0.2) is 12.4 Å². The summed E-state index contributed by atoms with van der Waals surface area (Å²) >= 11 is 0. The summed E-state index contributed by atoms with van der Waals surface area (Å²) in [6, 6.07) is 0. The van der Waals surface area contributed by atoms with Crippen molar-refractivity contribution in [2.24, 2.45) is 0 Å². The standard InChI is InChI=1S/C33H66N2/c1-4-7-10-13-16-18-19-21-24-27-30-35-32-31-34(29-26-23-15-12-9-6-3)33(35)28-25-22-20-17-14-11-8-5-2/h31-33H,4-30H2,1-3H3. The molecule has 0 N–H and O–H groups in total. The Morgan fingerprint density at radius 3 is 1.00 bits per heavy atom. The Bertz CT molecular complexity index is 446. The minimum atomic E-state index is 0.643. The third-order valence-corrected chi connectivity index (χ3v) is 8.07. The molecule has 0 amide bonds. The summed E-state index contributed by atoms with van der Waals surface area (Å²) in [5.41, 5.74) is 0. The predicted molar refractivity (Wildman–Crippen MR) is 159 cm³/mol. The normalized spacial score (nSPS) is 15.6.